The fourth-order valence-corrected chi connectivity index (χ4v) is 4.35. The molecule has 0 bridgehead atoms. The highest BCUT2D eigenvalue weighted by Crippen LogP contribution is 2.33. The van der Waals surface area contributed by atoms with E-state index in [-0.39, 0.29) is 24.7 Å². The summed E-state index contributed by atoms with van der Waals surface area (Å²) in [7, 11) is 2.02. The molecular weight excluding hydrogens is 416 g/mol. The Labute approximate surface area is 191 Å². The predicted molar refractivity (Wildman–Crippen MR) is 126 cm³/mol. The van der Waals surface area contributed by atoms with Crippen LogP contribution in [0.3, 0.4) is 0 Å². The van der Waals surface area contributed by atoms with Crippen LogP contribution in [0.1, 0.15) is 25.0 Å². The molecule has 1 aliphatic rings. The van der Waals surface area contributed by atoms with Gasteiger partial charge in [-0.1, -0.05) is 24.3 Å². The zero-order valence-electron chi connectivity index (χ0n) is 18.6. The molecule has 2 amide bonds. The highest BCUT2D eigenvalue weighted by Gasteiger charge is 2.26. The van der Waals surface area contributed by atoms with Gasteiger partial charge in [0.05, 0.1) is 17.9 Å². The van der Waals surface area contributed by atoms with E-state index >= 15 is 0 Å². The van der Waals surface area contributed by atoms with Crippen LogP contribution < -0.4 is 10.2 Å². The molecule has 0 spiro atoms. The van der Waals surface area contributed by atoms with Crippen LogP contribution in [0.5, 0.6) is 0 Å². The summed E-state index contributed by atoms with van der Waals surface area (Å²) in [6.07, 6.45) is 4.91. The van der Waals surface area contributed by atoms with Crippen LogP contribution in [-0.2, 0) is 29.7 Å². The van der Waals surface area contributed by atoms with Crippen molar-refractivity contribution in [3.05, 3.63) is 66.6 Å². The van der Waals surface area contributed by atoms with Gasteiger partial charge in [0.2, 0.25) is 11.8 Å². The van der Waals surface area contributed by atoms with Gasteiger partial charge in [0, 0.05) is 67.9 Å². The van der Waals surface area contributed by atoms with Gasteiger partial charge in [0.25, 0.3) is 0 Å². The van der Waals surface area contributed by atoms with Gasteiger partial charge in [-0.2, -0.15) is 5.10 Å². The van der Waals surface area contributed by atoms with Gasteiger partial charge in [-0.05, 0) is 24.6 Å². The van der Waals surface area contributed by atoms with Crippen LogP contribution in [-0.4, -0.2) is 37.7 Å². The fraction of sp³-hybridized carbons (Fsp3) is 0.280. The maximum Gasteiger partial charge on any atom is 0.228 e. The summed E-state index contributed by atoms with van der Waals surface area (Å²) in [6.45, 7) is 1.77. The van der Waals surface area contributed by atoms with Crippen molar-refractivity contribution in [3.63, 3.8) is 0 Å². The number of nitrogens with zero attached hydrogens (tertiary/aromatic N) is 5. The minimum atomic E-state index is -0.157. The number of carbonyl (C=O) groups excluding carboxylic acids is 2. The second-order valence-electron chi connectivity index (χ2n) is 8.28. The highest BCUT2D eigenvalue weighted by molar-refractivity contribution is 5.98. The molecule has 4 heterocycles. The van der Waals surface area contributed by atoms with Crippen molar-refractivity contribution in [2.45, 2.75) is 32.4 Å². The number of aryl methyl sites for hydroxylation is 2. The maximum atomic E-state index is 13.0. The average molecular weight is 443 g/mol. The van der Waals surface area contributed by atoms with Crippen molar-refractivity contribution in [3.8, 4) is 11.3 Å². The Kier molecular flexibility index (Phi) is 5.64. The smallest absolute Gasteiger partial charge is 0.228 e. The van der Waals surface area contributed by atoms with Crippen molar-refractivity contribution in [1.82, 2.24) is 24.6 Å². The molecule has 0 fully saturated rings. The van der Waals surface area contributed by atoms with Crippen LogP contribution in [0.2, 0.25) is 0 Å². The summed E-state index contributed by atoms with van der Waals surface area (Å²) >= 11 is 0. The lowest BCUT2D eigenvalue weighted by Crippen LogP contribution is -2.38. The Morgan fingerprint density at radius 2 is 1.91 bits per heavy atom. The number of hydrogen-bond donors (Lipinski definition) is 1. The number of pyridine rings is 1. The van der Waals surface area contributed by atoms with E-state index in [9.17, 15) is 9.59 Å². The van der Waals surface area contributed by atoms with Crippen LogP contribution >= 0.6 is 0 Å². The van der Waals surface area contributed by atoms with E-state index in [0.717, 1.165) is 46.6 Å². The number of anilines is 1. The van der Waals surface area contributed by atoms with Crippen molar-refractivity contribution in [2.24, 2.45) is 7.05 Å². The lowest BCUT2D eigenvalue weighted by atomic mass is 10.1. The van der Waals surface area contributed by atoms with Gasteiger partial charge >= 0.3 is 0 Å². The first-order valence-corrected chi connectivity index (χ1v) is 11.2. The largest absolute Gasteiger partial charge is 0.350 e. The van der Waals surface area contributed by atoms with Gasteiger partial charge in [-0.15, -0.1) is 0 Å². The molecule has 8 heteroatoms. The summed E-state index contributed by atoms with van der Waals surface area (Å²) < 4.78 is 4.00. The SMILES string of the molecule is Cn1cc(-c2cc3n(n2)CCCN3C(=O)CCC(=O)NCc2ccccn2)c2ccccc21. The van der Waals surface area contributed by atoms with Gasteiger partial charge in [0.15, 0.2) is 0 Å². The molecule has 0 aliphatic carbocycles. The third-order valence-corrected chi connectivity index (χ3v) is 6.02. The van der Waals surface area contributed by atoms with Gasteiger partial charge < -0.3 is 9.88 Å². The summed E-state index contributed by atoms with van der Waals surface area (Å²) in [6, 6.07) is 15.8. The lowest BCUT2D eigenvalue weighted by Gasteiger charge is -2.27. The van der Waals surface area contributed by atoms with E-state index in [1.165, 1.54) is 0 Å². The summed E-state index contributed by atoms with van der Waals surface area (Å²) in [5.41, 5.74) is 3.84. The molecule has 5 rings (SSSR count). The van der Waals surface area contributed by atoms with E-state index in [4.69, 9.17) is 5.10 Å². The Morgan fingerprint density at radius 1 is 1.06 bits per heavy atom. The molecule has 4 aromatic rings. The molecule has 1 aromatic carbocycles. The maximum absolute atomic E-state index is 13.0. The minimum absolute atomic E-state index is 0.0618. The monoisotopic (exact) mass is 442 g/mol. The number of para-hydroxylation sites is 1. The zero-order valence-corrected chi connectivity index (χ0v) is 18.6. The van der Waals surface area contributed by atoms with Crippen LogP contribution in [0.15, 0.2) is 60.9 Å². The zero-order chi connectivity index (χ0) is 22.8. The number of amides is 2. The molecule has 1 N–H and O–H groups in total. The third-order valence-electron chi connectivity index (χ3n) is 6.02. The van der Waals surface area contributed by atoms with Crippen molar-refractivity contribution in [2.75, 3.05) is 11.4 Å². The first-order chi connectivity index (χ1) is 16.1. The van der Waals surface area contributed by atoms with Crippen molar-refractivity contribution in [1.29, 1.82) is 0 Å². The molecule has 0 saturated heterocycles. The molecule has 3 aromatic heterocycles. The van der Waals surface area contributed by atoms with Gasteiger partial charge in [0.1, 0.15) is 5.82 Å². The molecule has 0 atom stereocenters. The number of aromatic nitrogens is 4. The standard InChI is InChI=1S/C25H26N6O2/c1-29-17-20(19-8-2-3-9-22(19)29)21-15-24-30(13-6-14-31(24)28-21)25(33)11-10-23(32)27-16-18-7-4-5-12-26-18/h2-5,7-9,12,15,17H,6,10-11,13-14,16H2,1H3,(H,27,32). The number of benzene rings is 1. The second-order valence-corrected chi connectivity index (χ2v) is 8.28. The number of nitrogens with one attached hydrogen (secondary N) is 1. The van der Waals surface area contributed by atoms with Gasteiger partial charge in [-0.25, -0.2) is 4.68 Å². The third kappa shape index (κ3) is 4.24. The van der Waals surface area contributed by atoms with Crippen molar-refractivity contribution < 1.29 is 9.59 Å². The summed E-state index contributed by atoms with van der Waals surface area (Å²) in [5.74, 6) is 0.576. The minimum Gasteiger partial charge on any atom is -0.350 e. The van der Waals surface area contributed by atoms with Crippen LogP contribution in [0.25, 0.3) is 22.2 Å². The number of rotatable bonds is 6. The Balaban J connectivity index is 1.28. The first-order valence-electron chi connectivity index (χ1n) is 11.2. The van der Waals surface area contributed by atoms with Crippen molar-refractivity contribution >= 4 is 28.5 Å². The van der Waals surface area contributed by atoms with Crippen LogP contribution in [0, 0.1) is 0 Å². The van der Waals surface area contributed by atoms with E-state index in [1.807, 2.05) is 48.1 Å². The average Bonchev–Trinajstić information content (AvgIpc) is 3.43. The molecule has 1 aliphatic heterocycles. The fourth-order valence-electron chi connectivity index (χ4n) is 4.35. The quantitative estimate of drug-likeness (QED) is 0.497. The predicted octanol–water partition coefficient (Wildman–Crippen LogP) is 3.27. The first kappa shape index (κ1) is 20.9. The normalized spacial score (nSPS) is 13.2. The molecule has 0 unspecified atom stereocenters. The summed E-state index contributed by atoms with van der Waals surface area (Å²) in [5, 5.41) is 8.76. The highest BCUT2D eigenvalue weighted by atomic mass is 16.2. The molecule has 8 nitrogen and oxygen atoms in total. The second kappa shape index (κ2) is 8.90. The summed E-state index contributed by atoms with van der Waals surface area (Å²) in [4.78, 5) is 31.2. The topological polar surface area (TPSA) is 85.0 Å². The molecular formula is C25H26N6O2. The Bertz CT molecular complexity index is 1310. The number of fused-ring (bicyclic) bond motifs is 2. The van der Waals surface area contributed by atoms with E-state index in [1.54, 1.807) is 11.1 Å². The Hall–Kier alpha value is -3.94. The molecule has 0 radical (unpaired) electrons. The van der Waals surface area contributed by atoms with E-state index < -0.39 is 0 Å². The van der Waals surface area contributed by atoms with Crippen LogP contribution in [0.4, 0.5) is 5.82 Å². The van der Waals surface area contributed by atoms with E-state index in [2.05, 4.69) is 33.2 Å². The Morgan fingerprint density at radius 3 is 2.76 bits per heavy atom. The van der Waals surface area contributed by atoms with E-state index in [0.29, 0.717) is 13.1 Å². The molecule has 33 heavy (non-hydrogen) atoms. The molecule has 168 valence electrons. The number of carbonyl (C=O) groups is 2. The lowest BCUT2D eigenvalue weighted by molar-refractivity contribution is -0.125. The van der Waals surface area contributed by atoms with Gasteiger partial charge in [-0.3, -0.25) is 19.5 Å². The number of hydrogen-bond acceptors (Lipinski definition) is 4. The molecule has 0 saturated carbocycles.